The van der Waals surface area contributed by atoms with Crippen LogP contribution in [0, 0.1) is 0 Å². The Balaban J connectivity index is 3.40. The third-order valence-corrected chi connectivity index (χ3v) is 1.96. The van der Waals surface area contributed by atoms with Crippen LogP contribution in [-0.2, 0) is 0 Å². The number of nitrogens with one attached hydrogen (secondary N) is 1. The van der Waals surface area contributed by atoms with Gasteiger partial charge in [0.25, 0.3) is 6.43 Å². The summed E-state index contributed by atoms with van der Waals surface area (Å²) in [6.45, 7) is 4.00. The number of aliphatic hydroxyl groups is 1. The Morgan fingerprint density at radius 2 is 2.00 bits per heavy atom. The molecule has 0 aliphatic heterocycles. The average Bonchev–Trinajstić information content (AvgIpc) is 2.10. The van der Waals surface area contributed by atoms with Crippen molar-refractivity contribution in [2.24, 2.45) is 0 Å². The van der Waals surface area contributed by atoms with Crippen LogP contribution in [0.15, 0.2) is 0 Å². The molecule has 0 rings (SSSR count). The van der Waals surface area contributed by atoms with Crippen molar-refractivity contribution in [2.75, 3.05) is 6.54 Å². The maximum atomic E-state index is 11.8. The molecule has 0 aromatic rings. The highest BCUT2D eigenvalue weighted by Gasteiger charge is 2.16. The number of hydrogen-bond acceptors (Lipinski definition) is 2. The molecule has 2 nitrogen and oxygen atoms in total. The number of aliphatic hydroxyl groups excluding tert-OH is 1. The van der Waals surface area contributed by atoms with Crippen LogP contribution in [-0.4, -0.2) is 30.2 Å². The van der Waals surface area contributed by atoms with E-state index in [1.165, 1.54) is 0 Å². The smallest absolute Gasteiger partial charge is 0.265 e. The van der Waals surface area contributed by atoms with Crippen molar-refractivity contribution in [1.82, 2.24) is 5.32 Å². The standard InChI is InChI=1S/C9H19F2NO/c1-3-4-5-7(2)12-6-8(13)9(10)11/h7-9,12-13H,3-6H2,1-2H3. The molecule has 0 amide bonds. The topological polar surface area (TPSA) is 32.3 Å². The second-order valence-electron chi connectivity index (χ2n) is 3.35. The van der Waals surface area contributed by atoms with Crippen molar-refractivity contribution < 1.29 is 13.9 Å². The predicted molar refractivity (Wildman–Crippen MR) is 49.0 cm³/mol. The maximum Gasteiger partial charge on any atom is 0.265 e. The first-order chi connectivity index (χ1) is 6.07. The van der Waals surface area contributed by atoms with Gasteiger partial charge >= 0.3 is 0 Å². The summed E-state index contributed by atoms with van der Waals surface area (Å²) >= 11 is 0. The van der Waals surface area contributed by atoms with E-state index in [2.05, 4.69) is 12.2 Å². The summed E-state index contributed by atoms with van der Waals surface area (Å²) in [5.74, 6) is 0. The minimum absolute atomic E-state index is 0.0253. The first-order valence-corrected chi connectivity index (χ1v) is 4.77. The minimum atomic E-state index is -2.65. The SMILES string of the molecule is CCCCC(C)NCC(O)C(F)F. The fourth-order valence-electron chi connectivity index (χ4n) is 1.02. The van der Waals surface area contributed by atoms with Crippen molar-refractivity contribution in [1.29, 1.82) is 0 Å². The van der Waals surface area contributed by atoms with Crippen LogP contribution in [0.3, 0.4) is 0 Å². The molecule has 4 heteroatoms. The third-order valence-electron chi connectivity index (χ3n) is 1.96. The van der Waals surface area contributed by atoms with Gasteiger partial charge in [-0.25, -0.2) is 8.78 Å². The van der Waals surface area contributed by atoms with Gasteiger partial charge in [-0.3, -0.25) is 0 Å². The first-order valence-electron chi connectivity index (χ1n) is 4.77. The zero-order chi connectivity index (χ0) is 10.3. The number of hydrogen-bond donors (Lipinski definition) is 2. The highest BCUT2D eigenvalue weighted by molar-refractivity contribution is 4.66. The van der Waals surface area contributed by atoms with E-state index in [4.69, 9.17) is 5.11 Å². The van der Waals surface area contributed by atoms with Crippen LogP contribution in [0.5, 0.6) is 0 Å². The van der Waals surface area contributed by atoms with Crippen LogP contribution in [0.1, 0.15) is 33.1 Å². The minimum Gasteiger partial charge on any atom is -0.386 e. The lowest BCUT2D eigenvalue weighted by atomic mass is 10.1. The molecule has 0 aliphatic rings. The zero-order valence-corrected chi connectivity index (χ0v) is 8.26. The zero-order valence-electron chi connectivity index (χ0n) is 8.26. The van der Waals surface area contributed by atoms with Crippen molar-refractivity contribution in [3.05, 3.63) is 0 Å². The van der Waals surface area contributed by atoms with E-state index in [1.807, 2.05) is 6.92 Å². The quantitative estimate of drug-likeness (QED) is 0.649. The van der Waals surface area contributed by atoms with Gasteiger partial charge in [-0.05, 0) is 13.3 Å². The van der Waals surface area contributed by atoms with Gasteiger partial charge in [0.15, 0.2) is 0 Å². The molecule has 0 aromatic carbocycles. The van der Waals surface area contributed by atoms with Gasteiger partial charge in [-0.1, -0.05) is 19.8 Å². The van der Waals surface area contributed by atoms with E-state index in [9.17, 15) is 8.78 Å². The van der Waals surface area contributed by atoms with Crippen molar-refractivity contribution >= 4 is 0 Å². The Morgan fingerprint density at radius 3 is 2.46 bits per heavy atom. The molecule has 0 aromatic heterocycles. The van der Waals surface area contributed by atoms with Crippen molar-refractivity contribution in [3.8, 4) is 0 Å². The molecular formula is C9H19F2NO. The molecule has 0 fully saturated rings. The summed E-state index contributed by atoms with van der Waals surface area (Å²) in [6, 6.07) is 0.202. The van der Waals surface area contributed by atoms with E-state index in [-0.39, 0.29) is 12.6 Å². The molecular weight excluding hydrogens is 176 g/mol. The number of alkyl halides is 2. The van der Waals surface area contributed by atoms with Crippen molar-refractivity contribution in [2.45, 2.75) is 51.7 Å². The van der Waals surface area contributed by atoms with Crippen LogP contribution < -0.4 is 5.32 Å². The molecule has 0 bridgehead atoms. The second-order valence-corrected chi connectivity index (χ2v) is 3.35. The Bertz CT molecular complexity index is 122. The van der Waals surface area contributed by atoms with Crippen molar-refractivity contribution in [3.63, 3.8) is 0 Å². The third kappa shape index (κ3) is 6.90. The second kappa shape index (κ2) is 7.21. The molecule has 0 radical (unpaired) electrons. The fourth-order valence-corrected chi connectivity index (χ4v) is 1.02. The van der Waals surface area contributed by atoms with Gasteiger partial charge in [0, 0.05) is 12.6 Å². The van der Waals surface area contributed by atoms with Gasteiger partial charge in [-0.2, -0.15) is 0 Å². The number of unbranched alkanes of at least 4 members (excludes halogenated alkanes) is 1. The van der Waals surface area contributed by atoms with Crippen LogP contribution in [0.2, 0.25) is 0 Å². The summed E-state index contributed by atoms with van der Waals surface area (Å²) in [5, 5.41) is 11.7. The summed E-state index contributed by atoms with van der Waals surface area (Å²) in [6.07, 6.45) is -1.04. The van der Waals surface area contributed by atoms with Crippen LogP contribution >= 0.6 is 0 Å². The molecule has 0 saturated carbocycles. The Morgan fingerprint density at radius 1 is 1.38 bits per heavy atom. The molecule has 2 unspecified atom stereocenters. The summed E-state index contributed by atoms with van der Waals surface area (Å²) in [5.41, 5.74) is 0. The summed E-state index contributed by atoms with van der Waals surface area (Å²) in [4.78, 5) is 0. The van der Waals surface area contributed by atoms with Gasteiger partial charge in [0.05, 0.1) is 0 Å². The molecule has 0 spiro atoms. The van der Waals surface area contributed by atoms with Gasteiger partial charge < -0.3 is 10.4 Å². The summed E-state index contributed by atoms with van der Waals surface area (Å²) in [7, 11) is 0. The highest BCUT2D eigenvalue weighted by atomic mass is 19.3. The normalized spacial score (nSPS) is 16.2. The lowest BCUT2D eigenvalue weighted by Crippen LogP contribution is -2.37. The average molecular weight is 195 g/mol. The van der Waals surface area contributed by atoms with Gasteiger partial charge in [0.2, 0.25) is 0 Å². The predicted octanol–water partition coefficient (Wildman–Crippen LogP) is 1.78. The first kappa shape index (κ1) is 12.8. The fraction of sp³-hybridized carbons (Fsp3) is 1.00. The van der Waals surface area contributed by atoms with Crippen LogP contribution in [0.25, 0.3) is 0 Å². The molecule has 0 saturated heterocycles. The number of halogens is 2. The van der Waals surface area contributed by atoms with Gasteiger partial charge in [0.1, 0.15) is 6.10 Å². The lowest BCUT2D eigenvalue weighted by Gasteiger charge is -2.16. The van der Waals surface area contributed by atoms with E-state index in [0.717, 1.165) is 19.3 Å². The molecule has 2 atom stereocenters. The van der Waals surface area contributed by atoms with E-state index in [1.54, 1.807) is 0 Å². The Kier molecular flexibility index (Phi) is 7.09. The molecule has 0 aliphatic carbocycles. The van der Waals surface area contributed by atoms with E-state index >= 15 is 0 Å². The van der Waals surface area contributed by atoms with E-state index < -0.39 is 12.5 Å². The largest absolute Gasteiger partial charge is 0.386 e. The van der Waals surface area contributed by atoms with Gasteiger partial charge in [-0.15, -0.1) is 0 Å². The monoisotopic (exact) mass is 195 g/mol. The van der Waals surface area contributed by atoms with E-state index in [0.29, 0.717) is 0 Å². The summed E-state index contributed by atoms with van der Waals surface area (Å²) < 4.78 is 23.7. The Hall–Kier alpha value is -0.220. The maximum absolute atomic E-state index is 11.8. The molecule has 2 N–H and O–H groups in total. The van der Waals surface area contributed by atoms with Crippen LogP contribution in [0.4, 0.5) is 8.78 Å². The molecule has 13 heavy (non-hydrogen) atoms. The molecule has 80 valence electrons. The Labute approximate surface area is 78.3 Å². The lowest BCUT2D eigenvalue weighted by molar-refractivity contribution is -0.00448. The highest BCUT2D eigenvalue weighted by Crippen LogP contribution is 2.02. The molecule has 0 heterocycles. The number of rotatable bonds is 7.